The number of rotatable bonds is 8. The minimum absolute atomic E-state index is 0.0122. The normalized spacial score (nSPS) is 17.9. The van der Waals surface area contributed by atoms with Gasteiger partial charge in [-0.2, -0.15) is 0 Å². The van der Waals surface area contributed by atoms with Crippen LogP contribution in [0.4, 0.5) is 5.69 Å². The third kappa shape index (κ3) is 4.66. The van der Waals surface area contributed by atoms with Crippen LogP contribution in [0.2, 0.25) is 0 Å². The zero-order valence-corrected chi connectivity index (χ0v) is 17.7. The number of hydrogen-bond acceptors (Lipinski definition) is 5. The Balaban J connectivity index is 2.07. The molecule has 0 bridgehead atoms. The predicted molar refractivity (Wildman–Crippen MR) is 117 cm³/mol. The molecule has 0 aromatic heterocycles. The number of unbranched alkanes of at least 4 members (excludes halogenated alkanes) is 3. The van der Waals surface area contributed by atoms with Gasteiger partial charge in [-0.15, -0.1) is 0 Å². The van der Waals surface area contributed by atoms with Gasteiger partial charge in [0, 0.05) is 24.2 Å². The van der Waals surface area contributed by atoms with Gasteiger partial charge in [0.25, 0.3) is 17.4 Å². The lowest BCUT2D eigenvalue weighted by molar-refractivity contribution is -0.384. The van der Waals surface area contributed by atoms with Gasteiger partial charge in [-0.3, -0.25) is 19.7 Å². The van der Waals surface area contributed by atoms with E-state index in [1.807, 2.05) is 19.1 Å². The first kappa shape index (κ1) is 22.2. The van der Waals surface area contributed by atoms with E-state index in [-0.39, 0.29) is 17.0 Å². The molecule has 31 heavy (non-hydrogen) atoms. The van der Waals surface area contributed by atoms with Crippen LogP contribution < -0.4 is 0 Å². The number of aliphatic hydroxyl groups excluding tert-OH is 1. The maximum Gasteiger partial charge on any atom is 0.295 e. The smallest absolute Gasteiger partial charge is 0.295 e. The number of non-ortho nitro benzene ring substituents is 1. The molecule has 1 amide bonds. The van der Waals surface area contributed by atoms with Gasteiger partial charge in [0.15, 0.2) is 0 Å². The van der Waals surface area contributed by atoms with Crippen molar-refractivity contribution in [3.8, 4) is 0 Å². The summed E-state index contributed by atoms with van der Waals surface area (Å²) in [6.45, 7) is 4.37. The van der Waals surface area contributed by atoms with Crippen molar-refractivity contribution < 1.29 is 19.6 Å². The topological polar surface area (TPSA) is 101 Å². The van der Waals surface area contributed by atoms with Crippen molar-refractivity contribution in [2.45, 2.75) is 45.6 Å². The number of nitro groups is 1. The molecular formula is C24H26N2O5. The molecule has 1 heterocycles. The van der Waals surface area contributed by atoms with Crippen LogP contribution in [0.5, 0.6) is 0 Å². The van der Waals surface area contributed by atoms with Crippen molar-refractivity contribution in [2.75, 3.05) is 6.54 Å². The first-order valence-corrected chi connectivity index (χ1v) is 10.4. The largest absolute Gasteiger partial charge is 0.507 e. The Hall–Kier alpha value is -3.48. The number of carbonyl (C=O) groups is 2. The van der Waals surface area contributed by atoms with Crippen LogP contribution in [0, 0.1) is 17.0 Å². The molecule has 0 saturated carbocycles. The maximum absolute atomic E-state index is 12.9. The number of carbonyl (C=O) groups excluding carboxylic acids is 2. The van der Waals surface area contributed by atoms with E-state index in [4.69, 9.17) is 0 Å². The lowest BCUT2D eigenvalue weighted by Crippen LogP contribution is -2.30. The molecule has 162 valence electrons. The molecule has 1 aliphatic rings. The third-order valence-electron chi connectivity index (χ3n) is 5.54. The van der Waals surface area contributed by atoms with Crippen LogP contribution in [0.15, 0.2) is 54.1 Å². The molecule has 2 aromatic carbocycles. The van der Waals surface area contributed by atoms with Crippen molar-refractivity contribution in [1.29, 1.82) is 0 Å². The second kappa shape index (κ2) is 9.55. The Bertz CT molecular complexity index is 1010. The summed E-state index contributed by atoms with van der Waals surface area (Å²) in [5.74, 6) is -1.64. The molecule has 0 spiro atoms. The van der Waals surface area contributed by atoms with Crippen molar-refractivity contribution in [2.24, 2.45) is 0 Å². The highest BCUT2D eigenvalue weighted by molar-refractivity contribution is 6.46. The second-order valence-corrected chi connectivity index (χ2v) is 7.77. The zero-order chi connectivity index (χ0) is 22.5. The van der Waals surface area contributed by atoms with E-state index in [1.165, 1.54) is 29.2 Å². The van der Waals surface area contributed by atoms with Gasteiger partial charge in [-0.25, -0.2) is 0 Å². The molecule has 7 heteroatoms. The van der Waals surface area contributed by atoms with E-state index < -0.39 is 22.7 Å². The molecule has 1 saturated heterocycles. The molecular weight excluding hydrogens is 396 g/mol. The summed E-state index contributed by atoms with van der Waals surface area (Å²) in [7, 11) is 0. The monoisotopic (exact) mass is 422 g/mol. The highest BCUT2D eigenvalue weighted by Crippen LogP contribution is 2.40. The molecule has 3 rings (SSSR count). The Morgan fingerprint density at radius 2 is 1.68 bits per heavy atom. The van der Waals surface area contributed by atoms with Gasteiger partial charge < -0.3 is 10.0 Å². The summed E-state index contributed by atoms with van der Waals surface area (Å²) in [6, 6.07) is 12.0. The quantitative estimate of drug-likeness (QED) is 0.163. The number of aryl methyl sites for hydroxylation is 1. The molecule has 0 radical (unpaired) electrons. The predicted octanol–water partition coefficient (Wildman–Crippen LogP) is 4.91. The Morgan fingerprint density at radius 3 is 2.26 bits per heavy atom. The molecule has 2 aromatic rings. The fourth-order valence-electron chi connectivity index (χ4n) is 3.81. The van der Waals surface area contributed by atoms with Gasteiger partial charge >= 0.3 is 0 Å². The maximum atomic E-state index is 12.9. The van der Waals surface area contributed by atoms with Gasteiger partial charge in [0.1, 0.15) is 5.76 Å². The number of nitrogens with zero attached hydrogens (tertiary/aromatic N) is 2. The van der Waals surface area contributed by atoms with Crippen molar-refractivity contribution in [3.05, 3.63) is 80.9 Å². The van der Waals surface area contributed by atoms with Crippen molar-refractivity contribution >= 4 is 23.1 Å². The summed E-state index contributed by atoms with van der Waals surface area (Å²) in [5, 5.41) is 22.0. The molecule has 0 unspecified atom stereocenters. The number of aliphatic hydroxyl groups is 1. The number of hydrogen-bond donors (Lipinski definition) is 1. The Kier molecular flexibility index (Phi) is 6.84. The number of benzene rings is 2. The standard InChI is InChI=1S/C24H26N2O5/c1-3-4-5-6-15-25-21(17-11-13-19(14-12-17)26(30)31)20(23(28)24(25)29)22(27)18-9-7-16(2)8-10-18/h7-14,21,27H,3-6,15H2,1-2H3/t21-/m1/s1. The van der Waals surface area contributed by atoms with E-state index >= 15 is 0 Å². The lowest BCUT2D eigenvalue weighted by atomic mass is 9.95. The van der Waals surface area contributed by atoms with Crippen LogP contribution in [0.1, 0.15) is 55.3 Å². The van der Waals surface area contributed by atoms with E-state index in [0.29, 0.717) is 17.7 Å². The number of likely N-dealkylation sites (tertiary alicyclic amines) is 1. The molecule has 7 nitrogen and oxygen atoms in total. The van der Waals surface area contributed by atoms with E-state index in [2.05, 4.69) is 6.92 Å². The van der Waals surface area contributed by atoms with Gasteiger partial charge in [-0.1, -0.05) is 56.0 Å². The zero-order valence-electron chi connectivity index (χ0n) is 17.7. The average Bonchev–Trinajstić information content (AvgIpc) is 3.01. The van der Waals surface area contributed by atoms with Crippen molar-refractivity contribution in [1.82, 2.24) is 4.90 Å². The molecule has 1 atom stereocenters. The summed E-state index contributed by atoms with van der Waals surface area (Å²) in [4.78, 5) is 37.8. The van der Waals surface area contributed by atoms with Crippen LogP contribution in [-0.2, 0) is 9.59 Å². The highest BCUT2D eigenvalue weighted by Gasteiger charge is 2.45. The second-order valence-electron chi connectivity index (χ2n) is 7.77. The molecule has 1 N–H and O–H groups in total. The minimum atomic E-state index is -0.788. The van der Waals surface area contributed by atoms with Crippen LogP contribution >= 0.6 is 0 Å². The SMILES string of the molecule is CCCCCCN1C(=O)C(=O)C(=C(O)c2ccc(C)cc2)[C@H]1c1ccc([N+](=O)[O-])cc1. The lowest BCUT2D eigenvalue weighted by Gasteiger charge is -2.25. The van der Waals surface area contributed by atoms with E-state index in [1.54, 1.807) is 12.1 Å². The first-order valence-electron chi connectivity index (χ1n) is 10.4. The summed E-state index contributed by atoms with van der Waals surface area (Å²) in [6.07, 6.45) is 3.72. The minimum Gasteiger partial charge on any atom is -0.507 e. The van der Waals surface area contributed by atoms with Crippen molar-refractivity contribution in [3.63, 3.8) is 0 Å². The summed E-state index contributed by atoms with van der Waals surface area (Å²) in [5.41, 5.74) is 1.93. The first-order chi connectivity index (χ1) is 14.8. The highest BCUT2D eigenvalue weighted by atomic mass is 16.6. The van der Waals surface area contributed by atoms with Gasteiger partial charge in [-0.05, 0) is 31.0 Å². The van der Waals surface area contributed by atoms with Crippen LogP contribution in [0.3, 0.4) is 0 Å². The van der Waals surface area contributed by atoms with Crippen LogP contribution in [-0.4, -0.2) is 33.2 Å². The Morgan fingerprint density at radius 1 is 1.03 bits per heavy atom. The van der Waals surface area contributed by atoms with E-state index in [9.17, 15) is 24.8 Å². The fraction of sp³-hybridized carbons (Fsp3) is 0.333. The molecule has 1 aliphatic heterocycles. The summed E-state index contributed by atoms with van der Waals surface area (Å²) >= 11 is 0. The molecule has 0 aliphatic carbocycles. The van der Waals surface area contributed by atoms with Crippen LogP contribution in [0.25, 0.3) is 5.76 Å². The number of ketones is 1. The number of Topliss-reactive ketones (excluding diaryl/α,β-unsaturated/α-hetero) is 1. The van der Waals surface area contributed by atoms with Gasteiger partial charge in [0.2, 0.25) is 0 Å². The summed E-state index contributed by atoms with van der Waals surface area (Å²) < 4.78 is 0. The van der Waals surface area contributed by atoms with E-state index in [0.717, 1.165) is 31.2 Å². The third-order valence-corrected chi connectivity index (χ3v) is 5.54. The number of nitro benzene ring substituents is 1. The average molecular weight is 422 g/mol. The Labute approximate surface area is 181 Å². The number of amides is 1. The molecule has 1 fully saturated rings. The van der Waals surface area contributed by atoms with Gasteiger partial charge in [0.05, 0.1) is 16.5 Å². The fourth-order valence-corrected chi connectivity index (χ4v) is 3.81.